The van der Waals surface area contributed by atoms with Crippen molar-refractivity contribution in [1.29, 1.82) is 0 Å². The van der Waals surface area contributed by atoms with Crippen LogP contribution in [0.3, 0.4) is 0 Å². The van der Waals surface area contributed by atoms with Crippen molar-refractivity contribution in [2.75, 3.05) is 41.0 Å². The quantitative estimate of drug-likeness (QED) is 0.0198. The summed E-state index contributed by atoms with van der Waals surface area (Å²) in [5.74, 6) is -1.82. The van der Waals surface area contributed by atoms with Gasteiger partial charge in [-0.25, -0.2) is 0 Å². The van der Waals surface area contributed by atoms with Gasteiger partial charge in [-0.15, -0.1) is 0 Å². The molecule has 0 aromatic carbocycles. The van der Waals surface area contributed by atoms with Crippen molar-refractivity contribution in [2.24, 2.45) is 0 Å². The van der Waals surface area contributed by atoms with Gasteiger partial charge >= 0.3 is 11.9 Å². The molecule has 0 fully saturated rings. The molecule has 0 rings (SSSR count). The number of ether oxygens (including phenoxy) is 3. The Balaban J connectivity index is 4.41. The van der Waals surface area contributed by atoms with Gasteiger partial charge in [-0.2, -0.15) is 0 Å². The van der Waals surface area contributed by atoms with Crippen LogP contribution in [0, 0.1) is 0 Å². The normalized spacial score (nSPS) is 14.0. The van der Waals surface area contributed by atoms with Crippen molar-refractivity contribution in [1.82, 2.24) is 0 Å². The monoisotopic (exact) mass is 874 g/mol. The maximum atomic E-state index is 12.8. The van der Waals surface area contributed by atoms with Crippen LogP contribution in [0.15, 0.2) is 122 Å². The highest BCUT2D eigenvalue weighted by Crippen LogP contribution is 2.14. The Kier molecular flexibility index (Phi) is 41.3. The van der Waals surface area contributed by atoms with Crippen LogP contribution in [0.25, 0.3) is 0 Å². The van der Waals surface area contributed by atoms with E-state index in [9.17, 15) is 19.5 Å². The fourth-order valence-electron chi connectivity index (χ4n) is 6.36. The van der Waals surface area contributed by atoms with Crippen LogP contribution < -0.4 is 5.11 Å². The number of carboxylic acids is 1. The molecular formula is C55H87NO7. The first-order valence-corrected chi connectivity index (χ1v) is 24.2. The highest BCUT2D eigenvalue weighted by Gasteiger charge is 2.25. The minimum Gasteiger partial charge on any atom is -0.544 e. The molecule has 0 aliphatic rings. The largest absolute Gasteiger partial charge is 0.544 e. The van der Waals surface area contributed by atoms with Gasteiger partial charge < -0.3 is 28.6 Å². The van der Waals surface area contributed by atoms with Gasteiger partial charge in [0, 0.05) is 19.3 Å². The zero-order valence-electron chi connectivity index (χ0n) is 40.2. The molecular weight excluding hydrogens is 787 g/mol. The molecule has 0 saturated carbocycles. The van der Waals surface area contributed by atoms with E-state index < -0.39 is 18.1 Å². The molecule has 354 valence electrons. The van der Waals surface area contributed by atoms with Gasteiger partial charge in [-0.3, -0.25) is 9.59 Å². The molecule has 0 aromatic heterocycles. The predicted octanol–water partition coefficient (Wildman–Crippen LogP) is 12.5. The number of carbonyl (C=O) groups is 3. The molecule has 0 amide bonds. The lowest BCUT2D eigenvalue weighted by molar-refractivity contribution is -0.889. The Labute approximate surface area is 384 Å². The molecule has 0 saturated heterocycles. The van der Waals surface area contributed by atoms with Crippen molar-refractivity contribution >= 4 is 17.9 Å². The molecule has 2 unspecified atom stereocenters. The molecule has 0 bridgehead atoms. The first kappa shape index (κ1) is 58.7. The van der Waals surface area contributed by atoms with E-state index in [-0.39, 0.29) is 49.1 Å². The Bertz CT molecular complexity index is 1440. The number of quaternary nitrogens is 1. The number of hydrogen-bond donors (Lipinski definition) is 0. The second-order valence-electron chi connectivity index (χ2n) is 16.8. The van der Waals surface area contributed by atoms with Gasteiger partial charge in [0.25, 0.3) is 0 Å². The van der Waals surface area contributed by atoms with E-state index in [2.05, 4.69) is 62.5 Å². The van der Waals surface area contributed by atoms with Crippen LogP contribution in [0.1, 0.15) is 155 Å². The van der Waals surface area contributed by atoms with Gasteiger partial charge in [-0.1, -0.05) is 193 Å². The molecule has 0 N–H and O–H groups in total. The Hall–Kier alpha value is -4.27. The van der Waals surface area contributed by atoms with E-state index in [4.69, 9.17) is 14.2 Å². The predicted molar refractivity (Wildman–Crippen MR) is 263 cm³/mol. The van der Waals surface area contributed by atoms with Crippen molar-refractivity contribution < 1.29 is 38.2 Å². The average molecular weight is 874 g/mol. The van der Waals surface area contributed by atoms with Crippen molar-refractivity contribution in [3.63, 3.8) is 0 Å². The lowest BCUT2D eigenvalue weighted by atomic mass is 10.1. The number of carboxylic acid groups (broad SMARTS) is 1. The standard InChI is InChI=1S/C55H87NO7/c1-6-8-10-12-14-16-18-20-22-24-26-28-29-31-33-35-37-39-41-43-45-53(57)62-50-51(49-61-48-47-52(55(59)60)56(3,4)5)63-54(58)46-44-42-40-38-36-34-32-30-27-25-23-21-19-17-15-13-11-9-7-2/h8-11,13-17,19-23,25,27,30,32,34,36,51-52H,6-7,12,18,24,26,28-29,31,33,35,37-50H2,1-5H3/b10-8+,11-9+,15-13+,16-14+,19-17+,22-20+,23-21+,27-25+,32-30+,36-34+. The fourth-order valence-corrected chi connectivity index (χ4v) is 6.36. The lowest BCUT2D eigenvalue weighted by Gasteiger charge is -2.34. The summed E-state index contributed by atoms with van der Waals surface area (Å²) in [6.45, 7) is 4.33. The number of hydrogen-bond acceptors (Lipinski definition) is 7. The maximum absolute atomic E-state index is 12.8. The number of esters is 2. The van der Waals surface area contributed by atoms with Gasteiger partial charge in [0.05, 0.1) is 40.3 Å². The summed E-state index contributed by atoms with van der Waals surface area (Å²) in [5, 5.41) is 11.7. The Morgan fingerprint density at radius 3 is 1.44 bits per heavy atom. The second-order valence-corrected chi connectivity index (χ2v) is 16.8. The first-order chi connectivity index (χ1) is 30.6. The molecule has 63 heavy (non-hydrogen) atoms. The van der Waals surface area contributed by atoms with Crippen LogP contribution in [0.2, 0.25) is 0 Å². The molecule has 0 spiro atoms. The number of carbonyl (C=O) groups excluding carboxylic acids is 3. The van der Waals surface area contributed by atoms with Crippen LogP contribution in [0.4, 0.5) is 0 Å². The molecule has 0 aliphatic carbocycles. The molecule has 0 aliphatic heterocycles. The Morgan fingerprint density at radius 2 is 0.921 bits per heavy atom. The minimum absolute atomic E-state index is 0.0120. The highest BCUT2D eigenvalue weighted by atomic mass is 16.6. The summed E-state index contributed by atoms with van der Waals surface area (Å²) < 4.78 is 17.2. The molecule has 0 heterocycles. The van der Waals surface area contributed by atoms with Crippen molar-refractivity contribution in [3.8, 4) is 0 Å². The Morgan fingerprint density at radius 1 is 0.492 bits per heavy atom. The zero-order chi connectivity index (χ0) is 46.3. The molecule has 8 heteroatoms. The van der Waals surface area contributed by atoms with Crippen LogP contribution in [-0.2, 0) is 28.6 Å². The molecule has 0 aromatic rings. The number of allylic oxidation sites excluding steroid dienone is 20. The third-order valence-corrected chi connectivity index (χ3v) is 10.0. The number of rotatable bonds is 41. The van der Waals surface area contributed by atoms with Gasteiger partial charge in [0.2, 0.25) is 0 Å². The molecule has 0 radical (unpaired) electrons. The fraction of sp³-hybridized carbons (Fsp3) is 0.582. The van der Waals surface area contributed by atoms with E-state index >= 15 is 0 Å². The van der Waals surface area contributed by atoms with E-state index in [1.54, 1.807) is 21.1 Å². The summed E-state index contributed by atoms with van der Waals surface area (Å²) in [5.41, 5.74) is 0. The zero-order valence-corrected chi connectivity index (χ0v) is 40.2. The summed E-state index contributed by atoms with van der Waals surface area (Å²) in [7, 11) is 5.38. The topological polar surface area (TPSA) is 102 Å². The SMILES string of the molecule is CC/C=C/C=C/C=C/C=C/C=C/C=C/C=C/CCCCCC(=O)OC(COCCC(C(=O)[O-])[N+](C)(C)C)COC(=O)CCCCCCCCCCCC/C=C/C/C=C/C/C=C/CC. The summed E-state index contributed by atoms with van der Waals surface area (Å²) >= 11 is 0. The van der Waals surface area contributed by atoms with E-state index in [0.29, 0.717) is 12.8 Å². The number of likely N-dealkylation sites (N-methyl/N-ethyl adjacent to an activating group) is 1. The van der Waals surface area contributed by atoms with E-state index in [1.807, 2.05) is 72.9 Å². The maximum Gasteiger partial charge on any atom is 0.306 e. The van der Waals surface area contributed by atoms with Crippen LogP contribution in [-0.4, -0.2) is 75.5 Å². The van der Waals surface area contributed by atoms with Crippen molar-refractivity contribution in [3.05, 3.63) is 122 Å². The average Bonchev–Trinajstić information content (AvgIpc) is 3.24. The third-order valence-electron chi connectivity index (χ3n) is 10.0. The summed E-state index contributed by atoms with van der Waals surface area (Å²) in [6.07, 6.45) is 62.2. The number of unbranched alkanes of at least 4 members (excludes halogenated alkanes) is 13. The van der Waals surface area contributed by atoms with E-state index in [1.165, 1.54) is 51.4 Å². The first-order valence-electron chi connectivity index (χ1n) is 24.2. The van der Waals surface area contributed by atoms with Crippen LogP contribution in [0.5, 0.6) is 0 Å². The minimum atomic E-state index is -1.14. The lowest BCUT2D eigenvalue weighted by Crippen LogP contribution is -2.55. The molecule has 2 atom stereocenters. The number of nitrogens with zero attached hydrogens (tertiary/aromatic N) is 1. The van der Waals surface area contributed by atoms with Crippen LogP contribution >= 0.6 is 0 Å². The second kappa shape index (κ2) is 44.3. The highest BCUT2D eigenvalue weighted by molar-refractivity contribution is 5.70. The van der Waals surface area contributed by atoms with E-state index in [0.717, 1.165) is 64.2 Å². The summed E-state index contributed by atoms with van der Waals surface area (Å²) in [4.78, 5) is 37.0. The van der Waals surface area contributed by atoms with Crippen molar-refractivity contribution in [2.45, 2.75) is 167 Å². The van der Waals surface area contributed by atoms with Gasteiger partial charge in [0.15, 0.2) is 6.10 Å². The number of aliphatic carboxylic acids is 1. The van der Waals surface area contributed by atoms with Gasteiger partial charge in [-0.05, 0) is 64.2 Å². The summed E-state index contributed by atoms with van der Waals surface area (Å²) in [6, 6.07) is -0.744. The smallest absolute Gasteiger partial charge is 0.306 e. The third kappa shape index (κ3) is 42.8. The van der Waals surface area contributed by atoms with Gasteiger partial charge in [0.1, 0.15) is 12.6 Å². The molecule has 8 nitrogen and oxygen atoms in total.